The van der Waals surface area contributed by atoms with Crippen LogP contribution >= 0.6 is 0 Å². The molecular formula is C20H26N8O4. The zero-order chi connectivity index (χ0) is 22.5. The van der Waals surface area contributed by atoms with Gasteiger partial charge in [0, 0.05) is 49.7 Å². The van der Waals surface area contributed by atoms with Crippen LogP contribution in [0.3, 0.4) is 0 Å². The Morgan fingerprint density at radius 2 is 1.94 bits per heavy atom. The Hall–Kier alpha value is -3.54. The van der Waals surface area contributed by atoms with Crippen molar-refractivity contribution in [3.63, 3.8) is 0 Å². The number of esters is 1. The van der Waals surface area contributed by atoms with Gasteiger partial charge in [-0.2, -0.15) is 4.98 Å². The lowest BCUT2D eigenvalue weighted by molar-refractivity contribution is -0.142. The number of amides is 2. The highest BCUT2D eigenvalue weighted by Crippen LogP contribution is 2.35. The Morgan fingerprint density at radius 3 is 2.66 bits per heavy atom. The minimum Gasteiger partial charge on any atom is -0.466 e. The van der Waals surface area contributed by atoms with E-state index in [4.69, 9.17) is 25.2 Å². The van der Waals surface area contributed by atoms with Crippen LogP contribution in [0.1, 0.15) is 18.9 Å². The second-order valence-corrected chi connectivity index (χ2v) is 7.29. The normalized spacial score (nSPS) is 15.4. The molecule has 12 heteroatoms. The number of carbonyl (C=O) groups is 2. The number of urea groups is 1. The molecule has 0 radical (unpaired) electrons. The summed E-state index contributed by atoms with van der Waals surface area (Å²) in [6.45, 7) is 5.16. The van der Waals surface area contributed by atoms with Gasteiger partial charge < -0.3 is 25.4 Å². The van der Waals surface area contributed by atoms with Crippen molar-refractivity contribution in [3.05, 3.63) is 18.0 Å². The largest absolute Gasteiger partial charge is 0.466 e. The molecule has 3 N–H and O–H groups in total. The van der Waals surface area contributed by atoms with Crippen molar-refractivity contribution in [1.82, 2.24) is 25.3 Å². The van der Waals surface area contributed by atoms with Crippen molar-refractivity contribution in [3.8, 4) is 11.3 Å². The van der Waals surface area contributed by atoms with Crippen molar-refractivity contribution in [1.29, 1.82) is 0 Å². The number of fused-ring (bicyclic) bond motifs is 1. The maximum atomic E-state index is 12.9. The second kappa shape index (κ2) is 9.73. The molecule has 0 saturated carbocycles. The van der Waals surface area contributed by atoms with Gasteiger partial charge in [0.1, 0.15) is 5.82 Å². The number of nitrogens with zero attached hydrogens (tertiary/aromatic N) is 6. The van der Waals surface area contributed by atoms with Gasteiger partial charge in [-0.25, -0.2) is 19.7 Å². The molecule has 0 bridgehead atoms. The standard InChI is InChI=1S/C20H26N8O4/c1-2-32-15(29)3-5-22-20(30)28-6-4-14-16(13-11-23-18(21)24-12-13)25-19(26-17(14)28)27-7-9-31-10-8-27/h11-12H,2-10H2,1H3,(H,22,30)(H2,21,23,24). The van der Waals surface area contributed by atoms with E-state index >= 15 is 0 Å². The van der Waals surface area contributed by atoms with Crippen molar-refractivity contribution < 1.29 is 19.1 Å². The minimum absolute atomic E-state index is 0.108. The van der Waals surface area contributed by atoms with Gasteiger partial charge in [-0.1, -0.05) is 0 Å². The minimum atomic E-state index is -0.350. The fraction of sp³-hybridized carbons (Fsp3) is 0.500. The highest BCUT2D eigenvalue weighted by atomic mass is 16.5. The molecule has 2 aromatic rings. The number of nitrogens with two attached hydrogens (primary N) is 1. The van der Waals surface area contributed by atoms with Crippen LogP contribution in [0.15, 0.2) is 12.4 Å². The molecule has 0 atom stereocenters. The first-order valence-corrected chi connectivity index (χ1v) is 10.6. The van der Waals surface area contributed by atoms with E-state index in [1.165, 1.54) is 0 Å². The molecule has 2 aliphatic rings. The van der Waals surface area contributed by atoms with Crippen LogP contribution in [-0.2, 0) is 20.7 Å². The molecule has 0 spiro atoms. The van der Waals surface area contributed by atoms with Crippen molar-refractivity contribution in [2.24, 2.45) is 0 Å². The SMILES string of the molecule is CCOC(=O)CCNC(=O)N1CCc2c(-c3cnc(N)nc3)nc(N3CCOCC3)nc21. The molecule has 170 valence electrons. The molecule has 12 nitrogen and oxygen atoms in total. The third-order valence-corrected chi connectivity index (χ3v) is 5.21. The number of nitrogen functional groups attached to an aromatic ring is 1. The summed E-state index contributed by atoms with van der Waals surface area (Å²) in [5, 5.41) is 2.77. The second-order valence-electron chi connectivity index (χ2n) is 7.29. The maximum absolute atomic E-state index is 12.9. The van der Waals surface area contributed by atoms with E-state index in [0.717, 1.165) is 5.56 Å². The first kappa shape index (κ1) is 21.7. The van der Waals surface area contributed by atoms with E-state index in [1.54, 1.807) is 24.2 Å². The van der Waals surface area contributed by atoms with Crippen LogP contribution in [0, 0.1) is 0 Å². The molecule has 2 amide bonds. The molecular weight excluding hydrogens is 416 g/mol. The van der Waals surface area contributed by atoms with Gasteiger partial charge in [-0.15, -0.1) is 0 Å². The van der Waals surface area contributed by atoms with Gasteiger partial charge >= 0.3 is 12.0 Å². The predicted molar refractivity (Wildman–Crippen MR) is 116 cm³/mol. The third kappa shape index (κ3) is 4.69. The lowest BCUT2D eigenvalue weighted by atomic mass is 10.1. The van der Waals surface area contributed by atoms with E-state index in [9.17, 15) is 9.59 Å². The smallest absolute Gasteiger partial charge is 0.323 e. The molecule has 2 aliphatic heterocycles. The first-order valence-electron chi connectivity index (χ1n) is 10.6. The molecule has 4 heterocycles. The number of carbonyl (C=O) groups excluding carboxylic acids is 2. The Bertz CT molecular complexity index is 978. The van der Waals surface area contributed by atoms with Crippen molar-refractivity contribution in [2.45, 2.75) is 19.8 Å². The number of morpholine rings is 1. The third-order valence-electron chi connectivity index (χ3n) is 5.21. The van der Waals surface area contributed by atoms with Gasteiger partial charge in [0.15, 0.2) is 0 Å². The van der Waals surface area contributed by atoms with Crippen LogP contribution in [0.25, 0.3) is 11.3 Å². The Morgan fingerprint density at radius 1 is 1.19 bits per heavy atom. The molecule has 1 fully saturated rings. The zero-order valence-corrected chi connectivity index (χ0v) is 17.9. The summed E-state index contributed by atoms with van der Waals surface area (Å²) in [6.07, 6.45) is 3.94. The highest BCUT2D eigenvalue weighted by molar-refractivity contribution is 5.94. The van der Waals surface area contributed by atoms with Crippen LogP contribution < -0.4 is 20.9 Å². The molecule has 1 saturated heterocycles. The van der Waals surface area contributed by atoms with Gasteiger partial charge in [-0.05, 0) is 13.3 Å². The Balaban J connectivity index is 1.61. The molecule has 4 rings (SSSR count). The topological polar surface area (TPSA) is 149 Å². The summed E-state index contributed by atoms with van der Waals surface area (Å²) in [5.74, 6) is 0.889. The summed E-state index contributed by atoms with van der Waals surface area (Å²) < 4.78 is 10.3. The molecule has 0 aromatic carbocycles. The van der Waals surface area contributed by atoms with Crippen molar-refractivity contribution >= 4 is 29.7 Å². The molecule has 2 aromatic heterocycles. The van der Waals surface area contributed by atoms with E-state index in [0.29, 0.717) is 68.9 Å². The van der Waals surface area contributed by atoms with Gasteiger partial charge in [0.05, 0.1) is 31.9 Å². The average Bonchev–Trinajstić information content (AvgIpc) is 3.24. The first-order chi connectivity index (χ1) is 15.6. The van der Waals surface area contributed by atoms with Gasteiger partial charge in [0.2, 0.25) is 11.9 Å². The average molecular weight is 442 g/mol. The number of anilines is 3. The molecule has 0 aliphatic carbocycles. The Labute approximate surface area is 185 Å². The molecule has 0 unspecified atom stereocenters. The van der Waals surface area contributed by atoms with Crippen LogP contribution in [0.4, 0.5) is 22.5 Å². The zero-order valence-electron chi connectivity index (χ0n) is 17.9. The lowest BCUT2D eigenvalue weighted by Gasteiger charge is -2.28. The summed E-state index contributed by atoms with van der Waals surface area (Å²) in [5.41, 5.74) is 7.87. The summed E-state index contributed by atoms with van der Waals surface area (Å²) in [6, 6.07) is -0.320. The van der Waals surface area contributed by atoms with Crippen molar-refractivity contribution in [2.75, 3.05) is 61.5 Å². The number of rotatable bonds is 6. The van der Waals surface area contributed by atoms with Crippen LogP contribution in [-0.4, -0.2) is 77.9 Å². The quantitative estimate of drug-likeness (QED) is 0.601. The molecule has 32 heavy (non-hydrogen) atoms. The number of ether oxygens (including phenoxy) is 2. The van der Waals surface area contributed by atoms with Gasteiger partial charge in [-0.3, -0.25) is 9.69 Å². The fourth-order valence-electron chi connectivity index (χ4n) is 3.65. The number of aromatic nitrogens is 4. The fourth-order valence-corrected chi connectivity index (χ4v) is 3.65. The van der Waals surface area contributed by atoms with E-state index < -0.39 is 0 Å². The summed E-state index contributed by atoms with van der Waals surface area (Å²) >= 11 is 0. The Kier molecular flexibility index (Phi) is 6.59. The monoisotopic (exact) mass is 442 g/mol. The van der Waals surface area contributed by atoms with E-state index in [2.05, 4.69) is 15.3 Å². The lowest BCUT2D eigenvalue weighted by Crippen LogP contribution is -2.41. The van der Waals surface area contributed by atoms with E-state index in [-0.39, 0.29) is 30.9 Å². The van der Waals surface area contributed by atoms with Gasteiger partial charge in [0.25, 0.3) is 0 Å². The van der Waals surface area contributed by atoms with Crippen LogP contribution in [0.2, 0.25) is 0 Å². The summed E-state index contributed by atoms with van der Waals surface area (Å²) in [4.78, 5) is 45.7. The number of hydrogen-bond acceptors (Lipinski definition) is 10. The number of nitrogens with one attached hydrogen (secondary N) is 1. The van der Waals surface area contributed by atoms with E-state index in [1.807, 2.05) is 4.90 Å². The predicted octanol–water partition coefficient (Wildman–Crippen LogP) is 0.378. The van der Waals surface area contributed by atoms with Crippen LogP contribution in [0.5, 0.6) is 0 Å². The summed E-state index contributed by atoms with van der Waals surface area (Å²) in [7, 11) is 0. The highest BCUT2D eigenvalue weighted by Gasteiger charge is 2.31. The maximum Gasteiger partial charge on any atom is 0.323 e. The number of hydrogen-bond donors (Lipinski definition) is 2.